The zero-order valence-corrected chi connectivity index (χ0v) is 24.1. The molecule has 2 aromatic heterocycles. The summed E-state index contributed by atoms with van der Waals surface area (Å²) < 4.78 is 2.33. The topological polar surface area (TPSA) is 62.2 Å². The lowest BCUT2D eigenvalue weighted by Gasteiger charge is -2.29. The molecular weight excluding hydrogens is 502 g/mol. The molecule has 4 aromatic rings. The van der Waals surface area contributed by atoms with Crippen molar-refractivity contribution in [2.75, 3.05) is 10.2 Å². The lowest BCUT2D eigenvalue weighted by Crippen LogP contribution is -2.30. The molecule has 2 aromatic carbocycles. The molecule has 1 aliphatic heterocycles. The Morgan fingerprint density at radius 3 is 2.31 bits per heavy atom. The van der Waals surface area contributed by atoms with Crippen LogP contribution in [0.3, 0.4) is 0 Å². The van der Waals surface area contributed by atoms with E-state index >= 15 is 0 Å². The van der Waals surface area contributed by atoms with E-state index in [0.29, 0.717) is 5.11 Å². The number of hydrogen-bond donors (Lipinski definition) is 2. The number of aromatic nitrogens is 2. The first-order valence-electron chi connectivity index (χ1n) is 13.3. The second-order valence-corrected chi connectivity index (χ2v) is 10.9. The van der Waals surface area contributed by atoms with E-state index in [1.54, 1.807) is 0 Å². The number of hydrogen-bond acceptors (Lipinski definition) is 3. The molecule has 1 fully saturated rings. The molecule has 0 radical (unpaired) electrons. The van der Waals surface area contributed by atoms with Gasteiger partial charge in [0.25, 0.3) is 0 Å². The summed E-state index contributed by atoms with van der Waals surface area (Å²) in [7, 11) is 0. The zero-order chi connectivity index (χ0) is 27.8. The molecule has 7 heteroatoms. The summed E-state index contributed by atoms with van der Waals surface area (Å²) in [5.41, 5.74) is 9.68. The molecule has 0 saturated carbocycles. The summed E-state index contributed by atoms with van der Waals surface area (Å²) in [6, 6.07) is 22.3. The van der Waals surface area contributed by atoms with Gasteiger partial charge in [0.1, 0.15) is 0 Å². The first kappa shape index (κ1) is 26.6. The van der Waals surface area contributed by atoms with Crippen LogP contribution < -0.4 is 15.5 Å². The fraction of sp³-hybridized carbons (Fsp3) is 0.281. The van der Waals surface area contributed by atoms with E-state index in [1.165, 1.54) is 22.5 Å². The average molecular weight is 538 g/mol. The van der Waals surface area contributed by atoms with Crippen molar-refractivity contribution >= 4 is 34.6 Å². The molecule has 1 amide bonds. The van der Waals surface area contributed by atoms with Crippen molar-refractivity contribution in [3.63, 3.8) is 0 Å². The van der Waals surface area contributed by atoms with Gasteiger partial charge < -0.3 is 20.1 Å². The van der Waals surface area contributed by atoms with Gasteiger partial charge in [-0.15, -0.1) is 0 Å². The number of amides is 1. The van der Waals surface area contributed by atoms with Crippen LogP contribution in [0, 0.1) is 33.6 Å². The minimum absolute atomic E-state index is 0.00118. The largest absolute Gasteiger partial charge is 0.351 e. The molecule has 1 aliphatic rings. The fourth-order valence-corrected chi connectivity index (χ4v) is 5.89. The SMILES string of the molecule is Cc1cc(N2C(=S)N[C@@H](c3ccccn3)[C@H]2c2c(C)c(C)n(-c3ccccc3)c2C)ccc1NC(=O)C(C)C. The van der Waals surface area contributed by atoms with E-state index in [4.69, 9.17) is 17.2 Å². The Bertz CT molecular complexity index is 1530. The first-order valence-corrected chi connectivity index (χ1v) is 13.8. The molecular formula is C32H35N5OS. The Kier molecular flexibility index (Phi) is 7.28. The maximum Gasteiger partial charge on any atom is 0.226 e. The van der Waals surface area contributed by atoms with Gasteiger partial charge in [0.15, 0.2) is 5.11 Å². The Morgan fingerprint density at radius 2 is 1.67 bits per heavy atom. The number of rotatable bonds is 6. The van der Waals surface area contributed by atoms with Gasteiger partial charge in [-0.2, -0.15) is 0 Å². The van der Waals surface area contributed by atoms with Gasteiger partial charge in [-0.3, -0.25) is 9.78 Å². The fourth-order valence-electron chi connectivity index (χ4n) is 5.55. The Hall–Kier alpha value is -3.97. The van der Waals surface area contributed by atoms with Gasteiger partial charge in [0, 0.05) is 46.1 Å². The predicted octanol–water partition coefficient (Wildman–Crippen LogP) is 6.88. The van der Waals surface area contributed by atoms with Crippen molar-refractivity contribution in [1.82, 2.24) is 14.9 Å². The van der Waals surface area contributed by atoms with Gasteiger partial charge in [0.05, 0.1) is 17.8 Å². The van der Waals surface area contributed by atoms with E-state index < -0.39 is 0 Å². The highest BCUT2D eigenvalue weighted by molar-refractivity contribution is 7.80. The summed E-state index contributed by atoms with van der Waals surface area (Å²) in [5, 5.41) is 7.28. The molecule has 3 heterocycles. The van der Waals surface area contributed by atoms with Gasteiger partial charge in [-0.05, 0) is 93.5 Å². The monoisotopic (exact) mass is 537 g/mol. The van der Waals surface area contributed by atoms with Crippen LogP contribution in [0.5, 0.6) is 0 Å². The quantitative estimate of drug-likeness (QED) is 0.263. The number of carbonyl (C=O) groups excluding carboxylic acids is 1. The Balaban J connectivity index is 1.65. The molecule has 0 aliphatic carbocycles. The van der Waals surface area contributed by atoms with Gasteiger partial charge in [-0.25, -0.2) is 0 Å². The molecule has 2 N–H and O–H groups in total. The van der Waals surface area contributed by atoms with Crippen LogP contribution in [-0.4, -0.2) is 20.6 Å². The Morgan fingerprint density at radius 1 is 0.949 bits per heavy atom. The molecule has 0 bridgehead atoms. The van der Waals surface area contributed by atoms with Crippen LogP contribution in [0.25, 0.3) is 5.69 Å². The maximum absolute atomic E-state index is 12.4. The van der Waals surface area contributed by atoms with E-state index in [2.05, 4.69) is 77.3 Å². The second-order valence-electron chi connectivity index (χ2n) is 10.5. The standard InChI is InChI=1S/C32H35N5OS/c1-19(2)31(38)34-26-16-15-25(18-20(26)3)37-30(29(35-32(37)39)27-14-10-11-17-33-27)28-21(4)22(5)36(23(28)6)24-12-8-7-9-13-24/h7-19,29-30H,1-6H3,(H,34,38)(H,35,39)/t29-,30+/m0/s1. The third-order valence-corrected chi connectivity index (χ3v) is 8.00. The van der Waals surface area contributed by atoms with E-state index in [0.717, 1.165) is 28.3 Å². The van der Waals surface area contributed by atoms with Crippen LogP contribution in [0.4, 0.5) is 11.4 Å². The van der Waals surface area contributed by atoms with E-state index in [9.17, 15) is 4.79 Å². The van der Waals surface area contributed by atoms with Crippen molar-refractivity contribution < 1.29 is 4.79 Å². The third-order valence-electron chi connectivity index (χ3n) is 7.69. The number of thiocarbonyl (C=S) groups is 1. The first-order chi connectivity index (χ1) is 18.7. The van der Waals surface area contributed by atoms with Crippen LogP contribution in [0.1, 0.15) is 59.7 Å². The van der Waals surface area contributed by atoms with Crippen LogP contribution in [0.2, 0.25) is 0 Å². The number of nitrogens with zero attached hydrogens (tertiary/aromatic N) is 3. The Labute approximate surface area is 236 Å². The van der Waals surface area contributed by atoms with Crippen LogP contribution in [0.15, 0.2) is 72.9 Å². The predicted molar refractivity (Wildman–Crippen MR) is 163 cm³/mol. The highest BCUT2D eigenvalue weighted by Crippen LogP contribution is 2.45. The smallest absolute Gasteiger partial charge is 0.226 e. The van der Waals surface area contributed by atoms with E-state index in [1.807, 2.05) is 57.3 Å². The summed E-state index contributed by atoms with van der Waals surface area (Å²) in [5.74, 6) is -0.0907. The molecule has 5 rings (SSSR count). The highest BCUT2D eigenvalue weighted by atomic mass is 32.1. The number of pyridine rings is 1. The summed E-state index contributed by atoms with van der Waals surface area (Å²) in [6.45, 7) is 12.4. The van der Waals surface area contributed by atoms with Gasteiger partial charge in [-0.1, -0.05) is 38.1 Å². The van der Waals surface area contributed by atoms with Crippen molar-refractivity contribution in [1.29, 1.82) is 0 Å². The second kappa shape index (κ2) is 10.7. The average Bonchev–Trinajstić information content (AvgIpc) is 3.37. The zero-order valence-electron chi connectivity index (χ0n) is 23.3. The van der Waals surface area contributed by atoms with Crippen molar-refractivity contribution in [2.24, 2.45) is 5.92 Å². The molecule has 200 valence electrons. The number of carbonyl (C=O) groups is 1. The minimum atomic E-state index is -0.136. The van der Waals surface area contributed by atoms with E-state index in [-0.39, 0.29) is 23.9 Å². The normalized spacial score (nSPS) is 17.0. The van der Waals surface area contributed by atoms with Crippen molar-refractivity contribution in [3.8, 4) is 5.69 Å². The van der Waals surface area contributed by atoms with Gasteiger partial charge >= 0.3 is 0 Å². The highest BCUT2D eigenvalue weighted by Gasteiger charge is 2.43. The lowest BCUT2D eigenvalue weighted by molar-refractivity contribution is -0.118. The van der Waals surface area contributed by atoms with Crippen molar-refractivity contribution in [3.05, 3.63) is 107 Å². The molecule has 0 unspecified atom stereocenters. The van der Waals surface area contributed by atoms with Crippen molar-refractivity contribution in [2.45, 2.75) is 53.6 Å². The summed E-state index contributed by atoms with van der Waals surface area (Å²) >= 11 is 5.99. The number of anilines is 2. The number of para-hydroxylation sites is 1. The minimum Gasteiger partial charge on any atom is -0.351 e. The molecule has 0 spiro atoms. The summed E-state index contributed by atoms with van der Waals surface area (Å²) in [6.07, 6.45) is 1.83. The third kappa shape index (κ3) is 4.83. The number of nitrogens with one attached hydrogen (secondary N) is 2. The molecule has 39 heavy (non-hydrogen) atoms. The van der Waals surface area contributed by atoms with Crippen LogP contribution >= 0.6 is 12.2 Å². The van der Waals surface area contributed by atoms with Gasteiger partial charge in [0.2, 0.25) is 5.91 Å². The summed E-state index contributed by atoms with van der Waals surface area (Å²) in [4.78, 5) is 19.3. The maximum atomic E-state index is 12.4. The number of benzene rings is 2. The molecule has 6 nitrogen and oxygen atoms in total. The van der Waals surface area contributed by atoms with Crippen LogP contribution in [-0.2, 0) is 4.79 Å². The molecule has 2 atom stereocenters. The number of aryl methyl sites for hydroxylation is 1. The molecule has 1 saturated heterocycles. The lowest BCUT2D eigenvalue weighted by atomic mass is 9.93.